The average Bonchev–Trinajstić information content (AvgIpc) is 2.21. The zero-order valence-corrected chi connectivity index (χ0v) is 7.62. The molecule has 0 unspecified atom stereocenters. The van der Waals surface area contributed by atoms with E-state index in [0.29, 0.717) is 23.2 Å². The summed E-state index contributed by atoms with van der Waals surface area (Å²) in [6, 6.07) is 6.95. The Kier molecular flexibility index (Phi) is 3.55. The van der Waals surface area contributed by atoms with Crippen LogP contribution in [0.2, 0.25) is 0 Å². The van der Waals surface area contributed by atoms with Crippen LogP contribution in [0.5, 0.6) is 0 Å². The summed E-state index contributed by atoms with van der Waals surface area (Å²) in [4.78, 5) is 0. The first kappa shape index (κ1) is 10.1. The molecule has 0 atom stereocenters. The summed E-state index contributed by atoms with van der Waals surface area (Å²) in [7, 11) is 0. The lowest BCUT2D eigenvalue weighted by atomic mass is 10.1. The zero-order chi connectivity index (χ0) is 10.4. The van der Waals surface area contributed by atoms with Crippen molar-refractivity contribution in [2.45, 2.75) is 6.42 Å². The van der Waals surface area contributed by atoms with Crippen molar-refractivity contribution >= 4 is 5.69 Å². The molecule has 0 aromatic heterocycles. The van der Waals surface area contributed by atoms with E-state index in [0.717, 1.165) is 0 Å². The van der Waals surface area contributed by atoms with Crippen LogP contribution >= 0.6 is 0 Å². The summed E-state index contributed by atoms with van der Waals surface area (Å²) in [6.45, 7) is 0.0326. The van der Waals surface area contributed by atoms with Crippen LogP contribution in [-0.4, -0.2) is 11.7 Å². The molecule has 0 aliphatic carbocycles. The Hall–Kier alpha value is -1.97. The van der Waals surface area contributed by atoms with Crippen LogP contribution in [-0.2, 0) is 0 Å². The normalized spacial score (nSPS) is 8.57. The number of rotatable bonds is 1. The van der Waals surface area contributed by atoms with Gasteiger partial charge in [-0.25, -0.2) is 0 Å². The van der Waals surface area contributed by atoms with Gasteiger partial charge in [-0.1, -0.05) is 11.8 Å². The monoisotopic (exact) mass is 186 g/mol. The minimum absolute atomic E-state index is 0.0326. The maximum Gasteiger partial charge on any atom is 0.0992 e. The van der Waals surface area contributed by atoms with Crippen molar-refractivity contribution in [1.82, 2.24) is 0 Å². The maximum absolute atomic E-state index is 8.65. The molecular weight excluding hydrogens is 176 g/mol. The molecule has 0 bridgehead atoms. The van der Waals surface area contributed by atoms with E-state index < -0.39 is 0 Å². The van der Waals surface area contributed by atoms with Crippen LogP contribution in [0.3, 0.4) is 0 Å². The highest BCUT2D eigenvalue weighted by Gasteiger charge is 1.96. The predicted octanol–water partition coefficient (Wildman–Crippen LogP) is 0.874. The molecule has 1 rings (SSSR count). The Labute approximate surface area is 82.8 Å². The van der Waals surface area contributed by atoms with Gasteiger partial charge in [-0.05, 0) is 18.2 Å². The van der Waals surface area contributed by atoms with Crippen LogP contribution < -0.4 is 5.73 Å². The second-order valence-electron chi connectivity index (χ2n) is 2.69. The number of nitrogens with zero attached hydrogens (tertiary/aromatic N) is 1. The highest BCUT2D eigenvalue weighted by atomic mass is 16.2. The third-order valence-electron chi connectivity index (χ3n) is 1.64. The van der Waals surface area contributed by atoms with Crippen molar-refractivity contribution in [3.05, 3.63) is 29.3 Å². The van der Waals surface area contributed by atoms with Crippen molar-refractivity contribution in [3.8, 4) is 17.9 Å². The van der Waals surface area contributed by atoms with Crippen LogP contribution in [0.1, 0.15) is 17.5 Å². The minimum atomic E-state index is 0.0326. The van der Waals surface area contributed by atoms with Crippen molar-refractivity contribution in [2.75, 3.05) is 12.3 Å². The third kappa shape index (κ3) is 2.52. The highest BCUT2D eigenvalue weighted by Crippen LogP contribution is 2.12. The van der Waals surface area contributed by atoms with Gasteiger partial charge in [0, 0.05) is 17.7 Å². The molecule has 3 nitrogen and oxygen atoms in total. The molecule has 0 spiro atoms. The average molecular weight is 186 g/mol. The number of nitrogen functional groups attached to an aromatic ring is 1. The van der Waals surface area contributed by atoms with Crippen LogP contribution in [0.25, 0.3) is 0 Å². The molecule has 0 heterocycles. The lowest BCUT2D eigenvalue weighted by Gasteiger charge is -1.97. The van der Waals surface area contributed by atoms with Gasteiger partial charge in [-0.2, -0.15) is 5.26 Å². The molecule has 3 heteroatoms. The first-order valence-corrected chi connectivity index (χ1v) is 4.17. The standard InChI is InChI=1S/C11H10N2O/c12-8-9-4-5-11(13)10(7-9)3-1-2-6-14/h4-5,7,14H,2,6,13H2. The molecule has 0 saturated heterocycles. The molecule has 70 valence electrons. The molecule has 14 heavy (non-hydrogen) atoms. The summed E-state index contributed by atoms with van der Waals surface area (Å²) in [5.41, 5.74) is 7.37. The SMILES string of the molecule is N#Cc1ccc(N)c(C#CCCO)c1. The maximum atomic E-state index is 8.65. The van der Waals surface area contributed by atoms with Gasteiger partial charge < -0.3 is 10.8 Å². The van der Waals surface area contributed by atoms with Gasteiger partial charge in [-0.15, -0.1) is 0 Å². The number of hydrogen-bond acceptors (Lipinski definition) is 3. The molecule has 0 aliphatic rings. The van der Waals surface area contributed by atoms with E-state index in [9.17, 15) is 0 Å². The smallest absolute Gasteiger partial charge is 0.0992 e. The first-order valence-electron chi connectivity index (χ1n) is 4.17. The summed E-state index contributed by atoms with van der Waals surface area (Å²) in [5, 5.41) is 17.2. The van der Waals surface area contributed by atoms with Gasteiger partial charge in [-0.3, -0.25) is 0 Å². The van der Waals surface area contributed by atoms with Gasteiger partial charge in [0.05, 0.1) is 18.2 Å². The second kappa shape index (κ2) is 4.91. The zero-order valence-electron chi connectivity index (χ0n) is 7.62. The van der Waals surface area contributed by atoms with Crippen molar-refractivity contribution in [1.29, 1.82) is 5.26 Å². The molecule has 3 N–H and O–H groups in total. The molecule has 0 amide bonds. The van der Waals surface area contributed by atoms with E-state index >= 15 is 0 Å². The van der Waals surface area contributed by atoms with Crippen molar-refractivity contribution < 1.29 is 5.11 Å². The van der Waals surface area contributed by atoms with Gasteiger partial charge in [0.25, 0.3) is 0 Å². The summed E-state index contributed by atoms with van der Waals surface area (Å²) in [5.74, 6) is 5.56. The fraction of sp³-hybridized carbons (Fsp3) is 0.182. The van der Waals surface area contributed by atoms with Crippen molar-refractivity contribution in [2.24, 2.45) is 0 Å². The van der Waals surface area contributed by atoms with Crippen LogP contribution in [0, 0.1) is 23.2 Å². The predicted molar refractivity (Wildman–Crippen MR) is 54.2 cm³/mol. The number of aliphatic hydroxyl groups excluding tert-OH is 1. The molecular formula is C11H10N2O. The Bertz CT molecular complexity index is 421. The molecule has 0 fully saturated rings. The van der Waals surface area contributed by atoms with Gasteiger partial charge in [0.1, 0.15) is 0 Å². The summed E-state index contributed by atoms with van der Waals surface area (Å²) in [6.07, 6.45) is 0.413. The molecule has 0 radical (unpaired) electrons. The number of nitrogens with two attached hydrogens (primary N) is 1. The van der Waals surface area contributed by atoms with E-state index in [1.54, 1.807) is 18.2 Å². The topological polar surface area (TPSA) is 70.0 Å². The molecule has 0 saturated carbocycles. The van der Waals surface area contributed by atoms with E-state index in [-0.39, 0.29) is 6.61 Å². The lowest BCUT2D eigenvalue weighted by Crippen LogP contribution is -1.90. The highest BCUT2D eigenvalue weighted by molar-refractivity contribution is 5.58. The minimum Gasteiger partial charge on any atom is -0.398 e. The lowest BCUT2D eigenvalue weighted by molar-refractivity contribution is 0.305. The van der Waals surface area contributed by atoms with Gasteiger partial charge in [0.15, 0.2) is 0 Å². The van der Waals surface area contributed by atoms with Crippen LogP contribution in [0.15, 0.2) is 18.2 Å². The summed E-state index contributed by atoms with van der Waals surface area (Å²) >= 11 is 0. The Morgan fingerprint density at radius 2 is 2.21 bits per heavy atom. The number of aliphatic hydroxyl groups is 1. The number of benzene rings is 1. The first-order chi connectivity index (χ1) is 6.77. The molecule has 1 aromatic rings. The van der Waals surface area contributed by atoms with Gasteiger partial charge >= 0.3 is 0 Å². The van der Waals surface area contributed by atoms with E-state index in [4.69, 9.17) is 16.1 Å². The number of nitriles is 1. The molecule has 0 aliphatic heterocycles. The largest absolute Gasteiger partial charge is 0.398 e. The molecule has 1 aromatic carbocycles. The van der Waals surface area contributed by atoms with Crippen molar-refractivity contribution in [3.63, 3.8) is 0 Å². The van der Waals surface area contributed by atoms with Gasteiger partial charge in [0.2, 0.25) is 0 Å². The Morgan fingerprint density at radius 3 is 2.86 bits per heavy atom. The fourth-order valence-electron chi connectivity index (χ4n) is 0.948. The summed E-state index contributed by atoms with van der Waals surface area (Å²) < 4.78 is 0. The fourth-order valence-corrected chi connectivity index (χ4v) is 0.948. The van der Waals surface area contributed by atoms with E-state index in [2.05, 4.69) is 11.8 Å². The number of hydrogen-bond donors (Lipinski definition) is 2. The Balaban J connectivity index is 2.98. The van der Waals surface area contributed by atoms with E-state index in [1.165, 1.54) is 0 Å². The quantitative estimate of drug-likeness (QED) is 0.505. The Morgan fingerprint density at radius 1 is 1.43 bits per heavy atom. The third-order valence-corrected chi connectivity index (χ3v) is 1.64. The number of anilines is 1. The second-order valence-corrected chi connectivity index (χ2v) is 2.69. The van der Waals surface area contributed by atoms with E-state index in [1.807, 2.05) is 6.07 Å². The van der Waals surface area contributed by atoms with Crippen LogP contribution in [0.4, 0.5) is 5.69 Å².